The van der Waals surface area contributed by atoms with Crippen molar-refractivity contribution in [2.75, 3.05) is 6.54 Å². The summed E-state index contributed by atoms with van der Waals surface area (Å²) in [5, 5.41) is 10.1. The van der Waals surface area contributed by atoms with Gasteiger partial charge in [0.1, 0.15) is 16.3 Å². The predicted octanol–water partition coefficient (Wildman–Crippen LogP) is 3.41. The highest BCUT2D eigenvalue weighted by atomic mass is 35.5. The summed E-state index contributed by atoms with van der Waals surface area (Å²) in [6.45, 7) is 2.42. The highest BCUT2D eigenvalue weighted by Gasteiger charge is 2.36. The van der Waals surface area contributed by atoms with Crippen molar-refractivity contribution < 1.29 is 17.6 Å². The van der Waals surface area contributed by atoms with E-state index in [0.29, 0.717) is 29.1 Å². The Labute approximate surface area is 176 Å². The molecule has 1 aliphatic rings. The third kappa shape index (κ3) is 3.76. The van der Waals surface area contributed by atoms with Gasteiger partial charge >= 0.3 is 0 Å². The van der Waals surface area contributed by atoms with Crippen molar-refractivity contribution in [2.45, 2.75) is 30.1 Å². The van der Waals surface area contributed by atoms with Crippen LogP contribution in [0.1, 0.15) is 23.3 Å². The van der Waals surface area contributed by atoms with E-state index >= 15 is 0 Å². The van der Waals surface area contributed by atoms with Gasteiger partial charge in [-0.2, -0.15) is 9.98 Å². The van der Waals surface area contributed by atoms with Crippen molar-refractivity contribution in [2.24, 2.45) is 0 Å². The number of nitrogens with one attached hydrogen (secondary N) is 1. The van der Waals surface area contributed by atoms with E-state index in [1.165, 1.54) is 6.26 Å². The van der Waals surface area contributed by atoms with Crippen molar-refractivity contribution >= 4 is 49.0 Å². The van der Waals surface area contributed by atoms with Crippen LogP contribution in [0.25, 0.3) is 10.1 Å². The van der Waals surface area contributed by atoms with Crippen LogP contribution in [0.5, 0.6) is 0 Å². The van der Waals surface area contributed by atoms with Crippen LogP contribution >= 0.6 is 22.9 Å². The number of aryl methyl sites for hydroxylation is 1. The summed E-state index contributed by atoms with van der Waals surface area (Å²) in [5.41, 5.74) is 1.31. The molecule has 3 heterocycles. The minimum atomic E-state index is -3.86. The van der Waals surface area contributed by atoms with E-state index in [4.69, 9.17) is 21.3 Å². The molecule has 1 aliphatic heterocycles. The highest BCUT2D eigenvalue weighted by molar-refractivity contribution is 7.91. The Kier molecular flexibility index (Phi) is 5.12. The van der Waals surface area contributed by atoms with E-state index in [9.17, 15) is 13.2 Å². The Morgan fingerprint density at radius 1 is 1.41 bits per heavy atom. The first-order valence-electron chi connectivity index (χ1n) is 8.76. The number of amides is 1. The molecular formula is C19H16ClN3O4S2. The molecule has 3 aromatic rings. The van der Waals surface area contributed by atoms with E-state index in [0.717, 1.165) is 21.4 Å². The lowest BCUT2D eigenvalue weighted by atomic mass is 10.2. The van der Waals surface area contributed by atoms with Crippen LogP contribution in [0.4, 0.5) is 0 Å². The van der Waals surface area contributed by atoms with Gasteiger partial charge in [0.15, 0.2) is 0 Å². The van der Waals surface area contributed by atoms with E-state index in [1.54, 1.807) is 36.1 Å². The van der Waals surface area contributed by atoms with Gasteiger partial charge in [-0.1, -0.05) is 11.6 Å². The zero-order valence-corrected chi connectivity index (χ0v) is 17.7. The molecule has 1 atom stereocenters. The molecule has 1 aromatic carbocycles. The fourth-order valence-electron chi connectivity index (χ4n) is 3.41. The molecule has 1 amide bonds. The molecule has 0 aliphatic carbocycles. The Morgan fingerprint density at radius 2 is 2.21 bits per heavy atom. The van der Waals surface area contributed by atoms with Gasteiger partial charge in [-0.05, 0) is 48.6 Å². The largest absolute Gasteiger partial charge is 0.454 e. The van der Waals surface area contributed by atoms with Crippen molar-refractivity contribution in [1.29, 1.82) is 5.26 Å². The monoisotopic (exact) mass is 449 g/mol. The van der Waals surface area contributed by atoms with Gasteiger partial charge in [0.2, 0.25) is 11.7 Å². The van der Waals surface area contributed by atoms with Crippen molar-refractivity contribution in [3.05, 3.63) is 52.4 Å². The standard InChI is InChI=1S/C19H16ClN3O4S2/c1-11-15-7-13(20)2-3-17(15)28-19(11)29(25,26)22-16-4-5-23(18(16)24)9-12-6-14(8-21)27-10-12/h2-3,6-7,10,16,22H,4-5,9H2,1H3/t16-/m0/s1. The number of nitriles is 1. The molecule has 10 heteroatoms. The van der Waals surface area contributed by atoms with Gasteiger partial charge in [0, 0.05) is 28.4 Å². The maximum atomic E-state index is 13.0. The zero-order chi connectivity index (χ0) is 20.8. The molecule has 0 unspecified atom stereocenters. The summed E-state index contributed by atoms with van der Waals surface area (Å²) in [5.74, 6) is -0.126. The average molecular weight is 450 g/mol. The van der Waals surface area contributed by atoms with Gasteiger partial charge < -0.3 is 9.32 Å². The maximum Gasteiger partial charge on any atom is 0.251 e. The molecule has 1 N–H and O–H groups in total. The lowest BCUT2D eigenvalue weighted by Gasteiger charge is -2.16. The van der Waals surface area contributed by atoms with E-state index in [1.807, 2.05) is 6.07 Å². The van der Waals surface area contributed by atoms with Crippen LogP contribution < -0.4 is 4.72 Å². The number of benzene rings is 1. The second-order valence-corrected chi connectivity index (χ2v) is 10.2. The Balaban J connectivity index is 1.52. The van der Waals surface area contributed by atoms with Crippen LogP contribution in [0, 0.1) is 18.3 Å². The quantitative estimate of drug-likeness (QED) is 0.642. The Hall–Kier alpha value is -2.38. The average Bonchev–Trinajstić information content (AvgIpc) is 3.36. The van der Waals surface area contributed by atoms with Crippen LogP contribution in [-0.2, 0) is 21.4 Å². The number of thiophene rings is 1. The second kappa shape index (κ2) is 7.46. The van der Waals surface area contributed by atoms with E-state index in [2.05, 4.69) is 4.72 Å². The number of sulfonamides is 1. The number of halogens is 1. The Morgan fingerprint density at radius 3 is 2.93 bits per heavy atom. The molecule has 4 rings (SSSR count). The molecule has 0 saturated carbocycles. The number of hydrogen-bond acceptors (Lipinski definition) is 6. The van der Waals surface area contributed by atoms with Gasteiger partial charge in [0.25, 0.3) is 10.0 Å². The normalized spacial score (nSPS) is 17.2. The molecule has 0 spiro atoms. The summed E-state index contributed by atoms with van der Waals surface area (Å²) < 4.78 is 34.5. The third-order valence-corrected chi connectivity index (χ3v) is 8.43. The predicted molar refractivity (Wildman–Crippen MR) is 109 cm³/mol. The smallest absolute Gasteiger partial charge is 0.251 e. The molecule has 29 heavy (non-hydrogen) atoms. The first kappa shape index (κ1) is 19.9. The minimum absolute atomic E-state index is 0.171. The van der Waals surface area contributed by atoms with Gasteiger partial charge in [0.05, 0.1) is 6.26 Å². The number of carbonyl (C=O) groups is 1. The van der Waals surface area contributed by atoms with Crippen LogP contribution in [0.3, 0.4) is 0 Å². The molecule has 0 radical (unpaired) electrons. The molecule has 1 fully saturated rings. The van der Waals surface area contributed by atoms with Crippen molar-refractivity contribution in [3.8, 4) is 6.07 Å². The fraction of sp³-hybridized carbons (Fsp3) is 0.263. The van der Waals surface area contributed by atoms with Gasteiger partial charge in [-0.3, -0.25) is 4.79 Å². The number of furan rings is 1. The number of fused-ring (bicyclic) bond motifs is 1. The van der Waals surface area contributed by atoms with Crippen molar-refractivity contribution in [1.82, 2.24) is 9.62 Å². The molecule has 7 nitrogen and oxygen atoms in total. The van der Waals surface area contributed by atoms with Crippen LogP contribution in [-0.4, -0.2) is 31.8 Å². The number of likely N-dealkylation sites (tertiary alicyclic amines) is 1. The van der Waals surface area contributed by atoms with Gasteiger partial charge in [-0.15, -0.1) is 11.3 Å². The molecular weight excluding hydrogens is 434 g/mol. The first-order chi connectivity index (χ1) is 13.8. The van der Waals surface area contributed by atoms with E-state index in [-0.39, 0.29) is 22.4 Å². The lowest BCUT2D eigenvalue weighted by Crippen LogP contribution is -2.41. The fourth-order valence-corrected chi connectivity index (χ4v) is 6.57. The number of hydrogen-bond donors (Lipinski definition) is 1. The number of rotatable bonds is 5. The summed E-state index contributed by atoms with van der Waals surface area (Å²) >= 11 is 7.18. The third-order valence-electron chi connectivity index (χ3n) is 4.83. The van der Waals surface area contributed by atoms with E-state index < -0.39 is 16.1 Å². The minimum Gasteiger partial charge on any atom is -0.454 e. The molecule has 1 saturated heterocycles. The molecule has 2 aromatic heterocycles. The maximum absolute atomic E-state index is 13.0. The van der Waals surface area contributed by atoms with Gasteiger partial charge in [-0.25, -0.2) is 8.42 Å². The SMILES string of the molecule is Cc1c(S(=O)(=O)N[C@H]2CCN(Cc3coc(C#N)c3)C2=O)sc2ccc(Cl)cc12. The molecule has 0 bridgehead atoms. The highest BCUT2D eigenvalue weighted by Crippen LogP contribution is 2.35. The summed E-state index contributed by atoms with van der Waals surface area (Å²) in [7, 11) is -3.86. The van der Waals surface area contributed by atoms with Crippen LogP contribution in [0.15, 0.2) is 39.2 Å². The zero-order valence-electron chi connectivity index (χ0n) is 15.3. The second-order valence-electron chi connectivity index (χ2n) is 6.81. The lowest BCUT2D eigenvalue weighted by molar-refractivity contribution is -0.129. The summed E-state index contributed by atoms with van der Waals surface area (Å²) in [6, 6.07) is 7.88. The van der Waals surface area contributed by atoms with Crippen LogP contribution in [0.2, 0.25) is 5.02 Å². The van der Waals surface area contributed by atoms with Crippen molar-refractivity contribution in [3.63, 3.8) is 0 Å². The topological polar surface area (TPSA) is 103 Å². The number of carbonyl (C=O) groups excluding carboxylic acids is 1. The Bertz CT molecular complexity index is 1260. The first-order valence-corrected chi connectivity index (χ1v) is 11.4. The number of nitrogens with zero attached hydrogens (tertiary/aromatic N) is 2. The molecule has 150 valence electrons. The summed E-state index contributed by atoms with van der Waals surface area (Å²) in [4.78, 5) is 14.2. The summed E-state index contributed by atoms with van der Waals surface area (Å²) in [6.07, 6.45) is 1.80.